The maximum atomic E-state index is 12.9. The Labute approximate surface area is 98.7 Å². The Bertz CT molecular complexity index is 358. The topological polar surface area (TPSA) is 23.5 Å². The first kappa shape index (κ1) is 14.0. The summed E-state index contributed by atoms with van der Waals surface area (Å²) in [6.45, 7) is 1.64. The highest BCUT2D eigenvalue weighted by Gasteiger charge is 2.13. The van der Waals surface area contributed by atoms with Crippen molar-refractivity contribution in [2.24, 2.45) is 0 Å². The number of alkyl halides is 2. The molecule has 96 valence electrons. The van der Waals surface area contributed by atoms with Gasteiger partial charge in [-0.2, -0.15) is 0 Å². The summed E-state index contributed by atoms with van der Waals surface area (Å²) in [6, 6.07) is 4.26. The summed E-state index contributed by atoms with van der Waals surface area (Å²) in [6.07, 6.45) is -2.44. The fraction of sp³-hybridized carbons (Fsp3) is 0.500. The SMILES string of the molecule is Cc1cc(F)ccc1CN(CCO)CC(F)F. The number of nitrogens with zero attached hydrogens (tertiary/aromatic N) is 1. The third-order valence-corrected chi connectivity index (χ3v) is 2.51. The molecule has 0 aliphatic heterocycles. The highest BCUT2D eigenvalue weighted by molar-refractivity contribution is 5.26. The predicted octanol–water partition coefficient (Wildman–Crippen LogP) is 2.19. The number of hydrogen-bond donors (Lipinski definition) is 1. The first-order valence-electron chi connectivity index (χ1n) is 5.39. The van der Waals surface area contributed by atoms with Crippen LogP contribution in [-0.4, -0.2) is 36.1 Å². The molecule has 0 aliphatic carbocycles. The van der Waals surface area contributed by atoms with Crippen LogP contribution in [0, 0.1) is 12.7 Å². The van der Waals surface area contributed by atoms with Gasteiger partial charge >= 0.3 is 0 Å². The molecule has 0 saturated heterocycles. The van der Waals surface area contributed by atoms with E-state index in [4.69, 9.17) is 5.11 Å². The van der Waals surface area contributed by atoms with E-state index >= 15 is 0 Å². The van der Waals surface area contributed by atoms with Crippen LogP contribution < -0.4 is 0 Å². The van der Waals surface area contributed by atoms with Crippen LogP contribution in [0.5, 0.6) is 0 Å². The predicted molar refractivity (Wildman–Crippen MR) is 59.5 cm³/mol. The molecule has 0 radical (unpaired) electrons. The van der Waals surface area contributed by atoms with E-state index in [0.29, 0.717) is 0 Å². The molecule has 0 spiro atoms. The van der Waals surface area contributed by atoms with Crippen LogP contribution in [0.3, 0.4) is 0 Å². The van der Waals surface area contributed by atoms with Crippen LogP contribution in [0.1, 0.15) is 11.1 Å². The normalized spacial score (nSPS) is 11.5. The van der Waals surface area contributed by atoms with Crippen molar-refractivity contribution in [3.05, 3.63) is 35.1 Å². The summed E-state index contributed by atoms with van der Waals surface area (Å²) in [5.41, 5.74) is 1.52. The zero-order valence-corrected chi connectivity index (χ0v) is 9.67. The molecule has 1 rings (SSSR count). The summed E-state index contributed by atoms with van der Waals surface area (Å²) in [5.74, 6) is -0.339. The number of aliphatic hydroxyl groups is 1. The molecule has 2 nitrogen and oxygen atoms in total. The van der Waals surface area contributed by atoms with E-state index in [2.05, 4.69) is 0 Å². The molecule has 17 heavy (non-hydrogen) atoms. The smallest absolute Gasteiger partial charge is 0.251 e. The molecule has 0 bridgehead atoms. The highest BCUT2D eigenvalue weighted by atomic mass is 19.3. The third-order valence-electron chi connectivity index (χ3n) is 2.51. The minimum Gasteiger partial charge on any atom is -0.395 e. The molecule has 1 aromatic carbocycles. The summed E-state index contributed by atoms with van der Waals surface area (Å²) in [5, 5.41) is 8.79. The van der Waals surface area contributed by atoms with Crippen molar-refractivity contribution in [1.82, 2.24) is 4.90 Å². The lowest BCUT2D eigenvalue weighted by molar-refractivity contribution is 0.0745. The summed E-state index contributed by atoms with van der Waals surface area (Å²) in [7, 11) is 0. The zero-order chi connectivity index (χ0) is 12.8. The van der Waals surface area contributed by atoms with Gasteiger partial charge in [-0.3, -0.25) is 4.90 Å². The number of aryl methyl sites for hydroxylation is 1. The standard InChI is InChI=1S/C12H16F3NO/c1-9-6-11(13)3-2-10(9)7-16(4-5-17)8-12(14)15/h2-3,6,12,17H,4-5,7-8H2,1H3. The lowest BCUT2D eigenvalue weighted by Gasteiger charge is -2.21. The van der Waals surface area contributed by atoms with E-state index in [0.717, 1.165) is 11.1 Å². The van der Waals surface area contributed by atoms with Gasteiger partial charge in [-0.25, -0.2) is 13.2 Å². The van der Waals surface area contributed by atoms with E-state index < -0.39 is 13.0 Å². The molecule has 1 aromatic rings. The van der Waals surface area contributed by atoms with Crippen LogP contribution >= 0.6 is 0 Å². The molecule has 0 fully saturated rings. The minimum atomic E-state index is -2.44. The minimum absolute atomic E-state index is 0.174. The van der Waals surface area contributed by atoms with Gasteiger partial charge in [0.2, 0.25) is 0 Å². The van der Waals surface area contributed by atoms with Crippen molar-refractivity contribution >= 4 is 0 Å². The summed E-state index contributed by atoms with van der Waals surface area (Å²) in [4.78, 5) is 1.45. The molecule has 0 saturated carbocycles. The number of hydrogen-bond acceptors (Lipinski definition) is 2. The number of halogens is 3. The van der Waals surface area contributed by atoms with Crippen molar-refractivity contribution in [3.63, 3.8) is 0 Å². The van der Waals surface area contributed by atoms with Gasteiger partial charge < -0.3 is 5.11 Å². The fourth-order valence-corrected chi connectivity index (χ4v) is 1.65. The van der Waals surface area contributed by atoms with Gasteiger partial charge in [0.25, 0.3) is 6.43 Å². The van der Waals surface area contributed by atoms with Crippen molar-refractivity contribution in [1.29, 1.82) is 0 Å². The fourth-order valence-electron chi connectivity index (χ4n) is 1.65. The molecule has 0 aromatic heterocycles. The molecule has 0 heterocycles. The average molecular weight is 247 g/mol. The summed E-state index contributed by atoms with van der Waals surface area (Å²) >= 11 is 0. The zero-order valence-electron chi connectivity index (χ0n) is 9.67. The van der Waals surface area contributed by atoms with Gasteiger partial charge in [0.15, 0.2) is 0 Å². The second-order valence-corrected chi connectivity index (χ2v) is 3.92. The monoisotopic (exact) mass is 247 g/mol. The molecular weight excluding hydrogens is 231 g/mol. The Morgan fingerprint density at radius 1 is 1.35 bits per heavy atom. The van der Waals surface area contributed by atoms with E-state index in [1.165, 1.54) is 17.0 Å². The van der Waals surface area contributed by atoms with E-state index in [1.807, 2.05) is 0 Å². The van der Waals surface area contributed by atoms with Crippen LogP contribution in [0.15, 0.2) is 18.2 Å². The second-order valence-electron chi connectivity index (χ2n) is 3.92. The summed E-state index contributed by atoms with van der Waals surface area (Å²) < 4.78 is 37.5. The molecule has 0 unspecified atom stereocenters. The molecule has 0 atom stereocenters. The Balaban J connectivity index is 2.71. The van der Waals surface area contributed by atoms with Gasteiger partial charge in [0.05, 0.1) is 13.2 Å². The third kappa shape index (κ3) is 4.75. The Kier molecular flexibility index (Phi) is 5.44. The maximum absolute atomic E-state index is 12.9. The first-order chi connectivity index (χ1) is 8.02. The van der Waals surface area contributed by atoms with Crippen LogP contribution in [0.2, 0.25) is 0 Å². The molecular formula is C12H16F3NO. The maximum Gasteiger partial charge on any atom is 0.251 e. The molecule has 0 amide bonds. The highest BCUT2D eigenvalue weighted by Crippen LogP contribution is 2.13. The lowest BCUT2D eigenvalue weighted by atomic mass is 10.1. The quantitative estimate of drug-likeness (QED) is 0.833. The van der Waals surface area contributed by atoms with Gasteiger partial charge in [0, 0.05) is 13.1 Å². The van der Waals surface area contributed by atoms with Crippen LogP contribution in [0.4, 0.5) is 13.2 Å². The van der Waals surface area contributed by atoms with Gasteiger partial charge in [-0.1, -0.05) is 6.07 Å². The Morgan fingerprint density at radius 3 is 2.59 bits per heavy atom. The lowest BCUT2D eigenvalue weighted by Crippen LogP contribution is -2.31. The van der Waals surface area contributed by atoms with Crippen molar-refractivity contribution in [2.75, 3.05) is 19.7 Å². The molecule has 5 heteroatoms. The molecule has 0 aliphatic rings. The van der Waals surface area contributed by atoms with Gasteiger partial charge in [-0.15, -0.1) is 0 Å². The largest absolute Gasteiger partial charge is 0.395 e. The molecule has 1 N–H and O–H groups in total. The van der Waals surface area contributed by atoms with Gasteiger partial charge in [0.1, 0.15) is 5.82 Å². The van der Waals surface area contributed by atoms with Crippen molar-refractivity contribution < 1.29 is 18.3 Å². The van der Waals surface area contributed by atoms with Crippen LogP contribution in [0.25, 0.3) is 0 Å². The van der Waals surface area contributed by atoms with Crippen molar-refractivity contribution in [3.8, 4) is 0 Å². The van der Waals surface area contributed by atoms with E-state index in [-0.39, 0.29) is 25.5 Å². The van der Waals surface area contributed by atoms with E-state index in [1.54, 1.807) is 13.0 Å². The number of rotatable bonds is 6. The number of aliphatic hydroxyl groups excluding tert-OH is 1. The second kappa shape index (κ2) is 6.61. The average Bonchev–Trinajstić information content (AvgIpc) is 2.21. The van der Waals surface area contributed by atoms with Crippen molar-refractivity contribution in [2.45, 2.75) is 19.9 Å². The Hall–Kier alpha value is -1.07. The Morgan fingerprint density at radius 2 is 2.06 bits per heavy atom. The van der Waals surface area contributed by atoms with E-state index in [9.17, 15) is 13.2 Å². The number of benzene rings is 1. The van der Waals surface area contributed by atoms with Gasteiger partial charge in [-0.05, 0) is 30.2 Å². The van der Waals surface area contributed by atoms with Crippen LogP contribution in [-0.2, 0) is 6.54 Å². The first-order valence-corrected chi connectivity index (χ1v) is 5.39.